The highest BCUT2D eigenvalue weighted by atomic mass is 16.7. The maximum absolute atomic E-state index is 11.4. The molecule has 12 nitrogen and oxygen atoms in total. The Hall–Kier alpha value is -1.38. The second-order valence-corrected chi connectivity index (χ2v) is 6.13. The molecule has 12 heteroatoms. The normalized spacial score (nSPS) is 46.7. The molecule has 0 spiro atoms. The van der Waals surface area contributed by atoms with Crippen molar-refractivity contribution in [2.24, 2.45) is 0 Å². The summed E-state index contributed by atoms with van der Waals surface area (Å²) in [7, 11) is 1.11. The minimum Gasteiger partial charge on any atom is -0.479 e. The molecule has 0 radical (unpaired) electrons. The molecule has 2 aliphatic heterocycles. The van der Waals surface area contributed by atoms with Crippen molar-refractivity contribution in [2.45, 2.75) is 68.1 Å². The van der Waals surface area contributed by atoms with Gasteiger partial charge in [-0.05, 0) is 6.92 Å². The van der Waals surface area contributed by atoms with Gasteiger partial charge in [-0.25, -0.2) is 9.59 Å². The molecule has 0 saturated carbocycles. The Balaban J connectivity index is 2.23. The van der Waals surface area contributed by atoms with Crippen molar-refractivity contribution in [3.8, 4) is 0 Å². The Morgan fingerprint density at radius 1 is 0.808 bits per heavy atom. The lowest BCUT2D eigenvalue weighted by molar-refractivity contribution is -0.334. The fraction of sp³-hybridized carbons (Fsp3) is 0.857. The number of aliphatic hydroxyl groups excluding tert-OH is 4. The van der Waals surface area contributed by atoms with Gasteiger partial charge in [-0.1, -0.05) is 0 Å². The van der Waals surface area contributed by atoms with Gasteiger partial charge in [0, 0.05) is 7.11 Å². The molecule has 0 aromatic heterocycles. The highest BCUT2D eigenvalue weighted by Gasteiger charge is 2.53. The summed E-state index contributed by atoms with van der Waals surface area (Å²) >= 11 is 0. The molecule has 2 aliphatic rings. The maximum atomic E-state index is 11.4. The predicted molar refractivity (Wildman–Crippen MR) is 78.0 cm³/mol. The first-order chi connectivity index (χ1) is 12.1. The minimum atomic E-state index is -1.82. The standard InChI is InChI=1S/C14H22O12/c1-3-4(15)5(16)9(11(24-3)13(21)22)25-14-7(18)6(17)8(23-2)10(26-14)12(19)20/h3-11,14-18H,1-2H3,(H,19,20)(H,21,22)/t3-,4+,5+,6+,7-,8-,9-,10+,11-,14+/m0/s1. The third kappa shape index (κ3) is 3.82. The lowest BCUT2D eigenvalue weighted by Gasteiger charge is -2.45. The zero-order valence-electron chi connectivity index (χ0n) is 13.9. The summed E-state index contributed by atoms with van der Waals surface area (Å²) in [5.74, 6) is -3.02. The summed E-state index contributed by atoms with van der Waals surface area (Å²) in [4.78, 5) is 22.6. The first-order valence-corrected chi connectivity index (χ1v) is 7.77. The van der Waals surface area contributed by atoms with Crippen molar-refractivity contribution < 1.29 is 59.2 Å². The highest BCUT2D eigenvalue weighted by Crippen LogP contribution is 2.30. The van der Waals surface area contributed by atoms with Crippen molar-refractivity contribution in [2.75, 3.05) is 7.11 Å². The summed E-state index contributed by atoms with van der Waals surface area (Å²) in [6, 6.07) is 0. The number of hydrogen-bond donors (Lipinski definition) is 6. The van der Waals surface area contributed by atoms with E-state index in [1.165, 1.54) is 6.92 Å². The van der Waals surface area contributed by atoms with Crippen LogP contribution in [0, 0.1) is 0 Å². The molecule has 10 atom stereocenters. The SMILES string of the molecule is CO[C@H]1[C@H](O)[C@H](O)[C@H](O[C@H]2[C@H](O)[C@H](O)[C@H](C)O[C@@H]2C(=O)O)O[C@H]1C(=O)O. The van der Waals surface area contributed by atoms with Crippen LogP contribution < -0.4 is 0 Å². The number of carboxylic acids is 2. The fourth-order valence-corrected chi connectivity index (χ4v) is 2.96. The zero-order chi connectivity index (χ0) is 19.8. The zero-order valence-corrected chi connectivity index (χ0v) is 13.9. The largest absolute Gasteiger partial charge is 0.479 e. The third-order valence-electron chi connectivity index (χ3n) is 4.42. The fourth-order valence-electron chi connectivity index (χ4n) is 2.96. The summed E-state index contributed by atoms with van der Waals surface area (Å²) in [5, 5.41) is 58.5. The molecule has 26 heavy (non-hydrogen) atoms. The monoisotopic (exact) mass is 382 g/mol. The topological polar surface area (TPSA) is 192 Å². The van der Waals surface area contributed by atoms with Gasteiger partial charge in [-0.2, -0.15) is 0 Å². The van der Waals surface area contributed by atoms with Gasteiger partial charge >= 0.3 is 11.9 Å². The van der Waals surface area contributed by atoms with Crippen LogP contribution >= 0.6 is 0 Å². The van der Waals surface area contributed by atoms with Crippen LogP contribution in [-0.2, 0) is 28.5 Å². The lowest BCUT2D eigenvalue weighted by atomic mass is 9.94. The van der Waals surface area contributed by atoms with Crippen LogP contribution in [0.4, 0.5) is 0 Å². The van der Waals surface area contributed by atoms with Gasteiger partial charge in [0.1, 0.15) is 36.6 Å². The van der Waals surface area contributed by atoms with Gasteiger partial charge in [-0.15, -0.1) is 0 Å². The Bertz CT molecular complexity index is 526. The third-order valence-corrected chi connectivity index (χ3v) is 4.42. The average Bonchev–Trinajstić information content (AvgIpc) is 2.58. The minimum absolute atomic E-state index is 1.02. The van der Waals surface area contributed by atoms with Crippen LogP contribution in [0.15, 0.2) is 0 Å². The van der Waals surface area contributed by atoms with Crippen molar-refractivity contribution in [3.63, 3.8) is 0 Å². The van der Waals surface area contributed by atoms with Crippen LogP contribution in [0.5, 0.6) is 0 Å². The first kappa shape index (κ1) is 20.9. The van der Waals surface area contributed by atoms with E-state index in [2.05, 4.69) is 0 Å². The Labute approximate surface area is 147 Å². The number of methoxy groups -OCH3 is 1. The van der Waals surface area contributed by atoms with Crippen LogP contribution in [0.2, 0.25) is 0 Å². The molecule has 0 aliphatic carbocycles. The van der Waals surface area contributed by atoms with Crippen molar-refractivity contribution >= 4 is 11.9 Å². The smallest absolute Gasteiger partial charge is 0.335 e. The van der Waals surface area contributed by atoms with E-state index in [0.717, 1.165) is 7.11 Å². The van der Waals surface area contributed by atoms with E-state index in [9.17, 15) is 40.2 Å². The Morgan fingerprint density at radius 3 is 1.81 bits per heavy atom. The molecular weight excluding hydrogens is 360 g/mol. The van der Waals surface area contributed by atoms with Crippen molar-refractivity contribution in [3.05, 3.63) is 0 Å². The quantitative estimate of drug-likeness (QED) is 0.275. The van der Waals surface area contributed by atoms with E-state index in [0.29, 0.717) is 0 Å². The van der Waals surface area contributed by atoms with Gasteiger partial charge in [-0.3, -0.25) is 0 Å². The van der Waals surface area contributed by atoms with Gasteiger partial charge < -0.3 is 49.6 Å². The number of carboxylic acid groups (broad SMARTS) is 2. The van der Waals surface area contributed by atoms with Crippen molar-refractivity contribution in [1.29, 1.82) is 0 Å². The molecule has 0 aromatic carbocycles. The Morgan fingerprint density at radius 2 is 1.31 bits per heavy atom. The number of aliphatic hydroxyl groups is 4. The molecule has 0 bridgehead atoms. The second-order valence-electron chi connectivity index (χ2n) is 6.13. The molecule has 6 N–H and O–H groups in total. The predicted octanol–water partition coefficient (Wildman–Crippen LogP) is -3.49. The highest BCUT2D eigenvalue weighted by molar-refractivity contribution is 5.74. The second kappa shape index (κ2) is 8.10. The number of rotatable bonds is 5. The van der Waals surface area contributed by atoms with Crippen LogP contribution in [0.25, 0.3) is 0 Å². The number of ether oxygens (including phenoxy) is 4. The van der Waals surface area contributed by atoms with E-state index in [4.69, 9.17) is 18.9 Å². The number of carbonyl (C=O) groups is 2. The molecule has 0 amide bonds. The summed E-state index contributed by atoms with van der Waals surface area (Å²) in [6.45, 7) is 1.35. The number of hydrogen-bond acceptors (Lipinski definition) is 10. The van der Waals surface area contributed by atoms with E-state index in [1.54, 1.807) is 0 Å². The lowest BCUT2D eigenvalue weighted by Crippen LogP contribution is -2.65. The van der Waals surface area contributed by atoms with E-state index in [-0.39, 0.29) is 0 Å². The van der Waals surface area contributed by atoms with Crippen molar-refractivity contribution in [1.82, 2.24) is 0 Å². The van der Waals surface area contributed by atoms with Gasteiger partial charge in [0.15, 0.2) is 18.5 Å². The first-order valence-electron chi connectivity index (χ1n) is 7.77. The molecule has 2 fully saturated rings. The molecule has 0 unspecified atom stereocenters. The van der Waals surface area contributed by atoms with Gasteiger partial charge in [0.05, 0.1) is 6.10 Å². The summed E-state index contributed by atoms with van der Waals surface area (Å²) < 4.78 is 20.2. The molecule has 150 valence electrons. The van der Waals surface area contributed by atoms with Crippen LogP contribution in [0.3, 0.4) is 0 Å². The van der Waals surface area contributed by atoms with E-state index < -0.39 is 73.2 Å². The maximum Gasteiger partial charge on any atom is 0.335 e. The molecule has 0 aromatic rings. The van der Waals surface area contributed by atoms with Crippen LogP contribution in [-0.4, -0.2) is 111 Å². The van der Waals surface area contributed by atoms with E-state index in [1.807, 2.05) is 0 Å². The van der Waals surface area contributed by atoms with E-state index >= 15 is 0 Å². The van der Waals surface area contributed by atoms with Gasteiger partial charge in [0.25, 0.3) is 0 Å². The molecule has 2 heterocycles. The summed E-state index contributed by atoms with van der Waals surface area (Å²) in [5.41, 5.74) is 0. The Kier molecular flexibility index (Phi) is 6.52. The molecule has 2 saturated heterocycles. The van der Waals surface area contributed by atoms with Crippen LogP contribution in [0.1, 0.15) is 6.92 Å². The van der Waals surface area contributed by atoms with Gasteiger partial charge in [0.2, 0.25) is 0 Å². The number of aliphatic carboxylic acids is 2. The summed E-state index contributed by atoms with van der Waals surface area (Å²) in [6.07, 6.45) is -16.1. The molecule has 2 rings (SSSR count). The average molecular weight is 382 g/mol. The molecular formula is C14H22O12.